The van der Waals surface area contributed by atoms with Crippen LogP contribution in [0.15, 0.2) is 59.0 Å². The van der Waals surface area contributed by atoms with E-state index in [1.165, 1.54) is 0 Å². The fraction of sp³-hybridized carbons (Fsp3) is 0.176. The summed E-state index contributed by atoms with van der Waals surface area (Å²) in [5.41, 5.74) is 1.88. The molecule has 22 heavy (non-hydrogen) atoms. The number of hydrogen-bond donors (Lipinski definition) is 1. The lowest BCUT2D eigenvalue weighted by molar-refractivity contribution is 0.415. The Morgan fingerprint density at radius 2 is 1.73 bits per heavy atom. The molecule has 1 N–H and O–H groups in total. The lowest BCUT2D eigenvalue weighted by atomic mass is 10.2. The van der Waals surface area contributed by atoms with Crippen LogP contribution in [0.1, 0.15) is 18.9 Å². The molecule has 0 aliphatic heterocycles. The van der Waals surface area contributed by atoms with Crippen molar-refractivity contribution in [1.29, 1.82) is 0 Å². The molecule has 0 aliphatic carbocycles. The van der Waals surface area contributed by atoms with Crippen LogP contribution in [0.4, 0.5) is 5.69 Å². The number of rotatable bonds is 5. The summed E-state index contributed by atoms with van der Waals surface area (Å²) in [7, 11) is 1.64. The largest absolute Gasteiger partial charge is 0.497 e. The van der Waals surface area contributed by atoms with Gasteiger partial charge in [0, 0.05) is 11.3 Å². The van der Waals surface area contributed by atoms with E-state index in [9.17, 15) is 0 Å². The van der Waals surface area contributed by atoms with Gasteiger partial charge in [-0.3, -0.25) is 0 Å². The van der Waals surface area contributed by atoms with Crippen molar-refractivity contribution in [1.82, 2.24) is 10.2 Å². The van der Waals surface area contributed by atoms with E-state index in [2.05, 4.69) is 15.5 Å². The van der Waals surface area contributed by atoms with Gasteiger partial charge in [-0.25, -0.2) is 0 Å². The Kier molecular flexibility index (Phi) is 4.05. The average Bonchev–Trinajstić information content (AvgIpc) is 3.06. The molecule has 0 amide bonds. The first kappa shape index (κ1) is 14.1. The maximum absolute atomic E-state index is 5.75. The maximum Gasteiger partial charge on any atom is 0.247 e. The van der Waals surface area contributed by atoms with Crippen molar-refractivity contribution in [2.45, 2.75) is 13.0 Å². The minimum Gasteiger partial charge on any atom is -0.497 e. The minimum atomic E-state index is -0.0677. The summed E-state index contributed by atoms with van der Waals surface area (Å²) in [6, 6.07) is 17.4. The van der Waals surface area contributed by atoms with Gasteiger partial charge in [-0.1, -0.05) is 18.2 Å². The first-order chi connectivity index (χ1) is 10.8. The molecule has 5 nitrogen and oxygen atoms in total. The second-order valence-electron chi connectivity index (χ2n) is 4.91. The molecule has 5 heteroatoms. The van der Waals surface area contributed by atoms with Gasteiger partial charge in [0.25, 0.3) is 0 Å². The van der Waals surface area contributed by atoms with Crippen LogP contribution in [-0.4, -0.2) is 17.3 Å². The van der Waals surface area contributed by atoms with Crippen LogP contribution in [0, 0.1) is 0 Å². The number of benzene rings is 2. The molecule has 0 spiro atoms. The fourth-order valence-corrected chi connectivity index (χ4v) is 2.11. The van der Waals surface area contributed by atoms with Crippen molar-refractivity contribution in [3.63, 3.8) is 0 Å². The van der Waals surface area contributed by atoms with Crippen molar-refractivity contribution in [2.24, 2.45) is 0 Å². The van der Waals surface area contributed by atoms with E-state index in [4.69, 9.17) is 9.15 Å². The summed E-state index contributed by atoms with van der Waals surface area (Å²) in [6.45, 7) is 1.98. The van der Waals surface area contributed by atoms with Gasteiger partial charge in [0.2, 0.25) is 11.8 Å². The molecule has 3 rings (SSSR count). The van der Waals surface area contributed by atoms with Crippen molar-refractivity contribution >= 4 is 5.69 Å². The highest BCUT2D eigenvalue weighted by Gasteiger charge is 2.14. The number of para-hydroxylation sites is 1. The molecule has 0 bridgehead atoms. The maximum atomic E-state index is 5.75. The van der Waals surface area contributed by atoms with Crippen LogP contribution in [0.3, 0.4) is 0 Å². The first-order valence-corrected chi connectivity index (χ1v) is 7.05. The summed E-state index contributed by atoms with van der Waals surface area (Å²) in [4.78, 5) is 0. The predicted octanol–water partition coefficient (Wildman–Crippen LogP) is 3.92. The van der Waals surface area contributed by atoms with Crippen LogP contribution in [0.25, 0.3) is 11.5 Å². The zero-order chi connectivity index (χ0) is 15.4. The van der Waals surface area contributed by atoms with Gasteiger partial charge in [0.05, 0.1) is 7.11 Å². The second-order valence-corrected chi connectivity index (χ2v) is 4.91. The third-order valence-corrected chi connectivity index (χ3v) is 3.30. The number of ether oxygens (including phenoxy) is 1. The number of methoxy groups -OCH3 is 1. The lowest BCUT2D eigenvalue weighted by Gasteiger charge is -2.10. The van der Waals surface area contributed by atoms with Gasteiger partial charge in [0.1, 0.15) is 11.8 Å². The Morgan fingerprint density at radius 3 is 2.41 bits per heavy atom. The van der Waals surface area contributed by atoms with E-state index in [0.717, 1.165) is 17.0 Å². The number of nitrogens with one attached hydrogen (secondary N) is 1. The molecular formula is C17H17N3O2. The second kappa shape index (κ2) is 6.30. The molecule has 112 valence electrons. The standard InChI is InChI=1S/C17H17N3O2/c1-12(18-14-6-4-3-5-7-14)16-19-20-17(22-16)13-8-10-15(21-2)11-9-13/h3-12,18H,1-2H3/t12-/m1/s1. The predicted molar refractivity (Wildman–Crippen MR) is 84.8 cm³/mol. The third kappa shape index (κ3) is 3.09. The van der Waals surface area contributed by atoms with Gasteiger partial charge in [-0.05, 0) is 43.3 Å². The summed E-state index contributed by atoms with van der Waals surface area (Å²) >= 11 is 0. The monoisotopic (exact) mass is 295 g/mol. The third-order valence-electron chi connectivity index (χ3n) is 3.30. The van der Waals surface area contributed by atoms with Gasteiger partial charge in [-0.15, -0.1) is 10.2 Å². The van der Waals surface area contributed by atoms with E-state index in [-0.39, 0.29) is 6.04 Å². The van der Waals surface area contributed by atoms with Crippen LogP contribution in [0.2, 0.25) is 0 Å². The Bertz CT molecular complexity index is 723. The molecule has 0 fully saturated rings. The fourth-order valence-electron chi connectivity index (χ4n) is 2.11. The highest BCUT2D eigenvalue weighted by atomic mass is 16.5. The van der Waals surface area contributed by atoms with Crippen LogP contribution < -0.4 is 10.1 Å². The van der Waals surface area contributed by atoms with E-state index in [0.29, 0.717) is 11.8 Å². The molecule has 0 saturated heterocycles. The first-order valence-electron chi connectivity index (χ1n) is 7.05. The molecule has 1 heterocycles. The van der Waals surface area contributed by atoms with E-state index in [1.807, 2.05) is 61.5 Å². The number of nitrogens with zero attached hydrogens (tertiary/aromatic N) is 2. The van der Waals surface area contributed by atoms with E-state index >= 15 is 0 Å². The van der Waals surface area contributed by atoms with Gasteiger partial charge in [-0.2, -0.15) is 0 Å². The van der Waals surface area contributed by atoms with Gasteiger partial charge < -0.3 is 14.5 Å². The summed E-state index contributed by atoms with van der Waals surface area (Å²) < 4.78 is 10.9. The SMILES string of the molecule is COc1ccc(-c2nnc([C@@H](C)Nc3ccccc3)o2)cc1. The summed E-state index contributed by atoms with van der Waals surface area (Å²) in [6.07, 6.45) is 0. The van der Waals surface area contributed by atoms with Crippen molar-refractivity contribution in [3.8, 4) is 17.2 Å². The van der Waals surface area contributed by atoms with E-state index in [1.54, 1.807) is 7.11 Å². The van der Waals surface area contributed by atoms with Crippen molar-refractivity contribution < 1.29 is 9.15 Å². The Labute approximate surface area is 129 Å². The Balaban J connectivity index is 1.75. The zero-order valence-corrected chi connectivity index (χ0v) is 12.5. The molecule has 0 aliphatic rings. The topological polar surface area (TPSA) is 60.2 Å². The summed E-state index contributed by atoms with van der Waals surface area (Å²) in [5, 5.41) is 11.6. The lowest BCUT2D eigenvalue weighted by Crippen LogP contribution is -2.06. The minimum absolute atomic E-state index is 0.0677. The van der Waals surface area contributed by atoms with Crippen molar-refractivity contribution in [3.05, 3.63) is 60.5 Å². The molecule has 0 unspecified atom stereocenters. The average molecular weight is 295 g/mol. The molecular weight excluding hydrogens is 278 g/mol. The normalized spacial score (nSPS) is 11.9. The highest BCUT2D eigenvalue weighted by Crippen LogP contribution is 2.24. The number of hydrogen-bond acceptors (Lipinski definition) is 5. The highest BCUT2D eigenvalue weighted by molar-refractivity contribution is 5.54. The molecule has 1 atom stereocenters. The molecule has 1 aromatic heterocycles. The zero-order valence-electron chi connectivity index (χ0n) is 12.5. The quantitative estimate of drug-likeness (QED) is 0.773. The van der Waals surface area contributed by atoms with Gasteiger partial charge in [0.15, 0.2) is 0 Å². The van der Waals surface area contributed by atoms with Gasteiger partial charge >= 0.3 is 0 Å². The van der Waals surface area contributed by atoms with Crippen molar-refractivity contribution in [2.75, 3.05) is 12.4 Å². The number of anilines is 1. The molecule has 0 radical (unpaired) electrons. The van der Waals surface area contributed by atoms with Crippen LogP contribution in [-0.2, 0) is 0 Å². The number of aromatic nitrogens is 2. The Morgan fingerprint density at radius 1 is 1.00 bits per heavy atom. The smallest absolute Gasteiger partial charge is 0.247 e. The van der Waals surface area contributed by atoms with Crippen LogP contribution in [0.5, 0.6) is 5.75 Å². The molecule has 0 saturated carbocycles. The molecule has 3 aromatic rings. The molecule has 2 aromatic carbocycles. The van der Waals surface area contributed by atoms with E-state index < -0.39 is 0 Å². The van der Waals surface area contributed by atoms with Crippen LogP contribution >= 0.6 is 0 Å². The Hall–Kier alpha value is -2.82. The summed E-state index contributed by atoms with van der Waals surface area (Å²) in [5.74, 6) is 1.84.